The summed E-state index contributed by atoms with van der Waals surface area (Å²) in [5, 5.41) is 0. The first-order chi connectivity index (χ1) is 14.8. The van der Waals surface area contributed by atoms with Gasteiger partial charge in [-0.15, -0.1) is 0 Å². The fourth-order valence-electron chi connectivity index (χ4n) is 3.24. The molecule has 0 spiro atoms. The zero-order valence-corrected chi connectivity index (χ0v) is 17.3. The van der Waals surface area contributed by atoms with E-state index >= 15 is 0 Å². The SMILES string of the molecule is CN(Cc1ccccc1F)C(=O)CN(C)c1c(N)n(Cc2ccccc2)c(=O)[nH]c1=O. The largest absolute Gasteiger partial charge is 0.383 e. The Morgan fingerprint density at radius 3 is 2.39 bits per heavy atom. The lowest BCUT2D eigenvalue weighted by Gasteiger charge is -2.24. The average molecular weight is 425 g/mol. The van der Waals surface area contributed by atoms with E-state index in [1.165, 1.54) is 27.5 Å². The molecule has 3 N–H and O–H groups in total. The lowest BCUT2D eigenvalue weighted by molar-refractivity contribution is -0.128. The molecule has 0 bridgehead atoms. The predicted molar refractivity (Wildman–Crippen MR) is 117 cm³/mol. The van der Waals surface area contributed by atoms with Crippen LogP contribution in [0.1, 0.15) is 11.1 Å². The van der Waals surface area contributed by atoms with Gasteiger partial charge in [-0.2, -0.15) is 0 Å². The van der Waals surface area contributed by atoms with Crippen LogP contribution in [0.25, 0.3) is 0 Å². The second kappa shape index (κ2) is 9.29. The minimum atomic E-state index is -0.682. The number of aromatic amines is 1. The number of benzene rings is 2. The second-order valence-corrected chi connectivity index (χ2v) is 7.26. The Balaban J connectivity index is 1.80. The predicted octanol–water partition coefficient (Wildman–Crippen LogP) is 1.40. The van der Waals surface area contributed by atoms with E-state index < -0.39 is 17.1 Å². The van der Waals surface area contributed by atoms with E-state index in [0.29, 0.717) is 5.56 Å². The normalized spacial score (nSPS) is 10.7. The van der Waals surface area contributed by atoms with E-state index in [2.05, 4.69) is 4.98 Å². The van der Waals surface area contributed by atoms with Gasteiger partial charge in [-0.25, -0.2) is 9.18 Å². The van der Waals surface area contributed by atoms with Gasteiger partial charge in [0.05, 0.1) is 13.1 Å². The van der Waals surface area contributed by atoms with Crippen LogP contribution in [0.2, 0.25) is 0 Å². The van der Waals surface area contributed by atoms with E-state index in [9.17, 15) is 18.8 Å². The highest BCUT2D eigenvalue weighted by atomic mass is 19.1. The van der Waals surface area contributed by atoms with E-state index in [4.69, 9.17) is 5.73 Å². The van der Waals surface area contributed by atoms with Gasteiger partial charge in [0, 0.05) is 26.2 Å². The highest BCUT2D eigenvalue weighted by Crippen LogP contribution is 2.17. The number of amides is 1. The van der Waals surface area contributed by atoms with Gasteiger partial charge in [0.15, 0.2) is 0 Å². The molecule has 1 heterocycles. The maximum absolute atomic E-state index is 13.9. The Hall–Kier alpha value is -3.88. The fraction of sp³-hybridized carbons (Fsp3) is 0.227. The summed E-state index contributed by atoms with van der Waals surface area (Å²) in [4.78, 5) is 42.4. The van der Waals surface area contributed by atoms with Gasteiger partial charge in [0.1, 0.15) is 17.3 Å². The number of nitrogens with one attached hydrogen (secondary N) is 1. The molecule has 9 heteroatoms. The molecule has 0 saturated carbocycles. The van der Waals surface area contributed by atoms with E-state index in [0.717, 1.165) is 5.56 Å². The third kappa shape index (κ3) is 5.00. The number of hydrogen-bond donors (Lipinski definition) is 2. The second-order valence-electron chi connectivity index (χ2n) is 7.26. The summed E-state index contributed by atoms with van der Waals surface area (Å²) in [6.45, 7) is 0.0741. The van der Waals surface area contributed by atoms with Gasteiger partial charge in [-0.05, 0) is 11.6 Å². The van der Waals surface area contributed by atoms with Gasteiger partial charge in [0.25, 0.3) is 5.56 Å². The number of halogens is 1. The molecule has 3 rings (SSSR count). The number of carbonyl (C=O) groups excluding carboxylic acids is 1. The van der Waals surface area contributed by atoms with Crippen LogP contribution in [0.15, 0.2) is 64.2 Å². The number of likely N-dealkylation sites (N-methyl/N-ethyl adjacent to an activating group) is 2. The van der Waals surface area contributed by atoms with Crippen molar-refractivity contribution >= 4 is 17.4 Å². The van der Waals surface area contributed by atoms with Crippen molar-refractivity contribution < 1.29 is 9.18 Å². The lowest BCUT2D eigenvalue weighted by Crippen LogP contribution is -2.41. The molecule has 2 aromatic carbocycles. The van der Waals surface area contributed by atoms with Crippen LogP contribution in [0.5, 0.6) is 0 Å². The topological polar surface area (TPSA) is 104 Å². The van der Waals surface area contributed by atoms with Crippen molar-refractivity contribution in [2.75, 3.05) is 31.3 Å². The van der Waals surface area contributed by atoms with E-state index in [-0.39, 0.29) is 37.0 Å². The van der Waals surface area contributed by atoms with Gasteiger partial charge in [-0.3, -0.25) is 19.1 Å². The van der Waals surface area contributed by atoms with Crippen LogP contribution in [-0.2, 0) is 17.9 Å². The van der Waals surface area contributed by atoms with Crippen molar-refractivity contribution in [2.45, 2.75) is 13.1 Å². The summed E-state index contributed by atoms with van der Waals surface area (Å²) < 4.78 is 15.1. The Kier molecular flexibility index (Phi) is 6.54. The third-order valence-corrected chi connectivity index (χ3v) is 4.94. The minimum Gasteiger partial charge on any atom is -0.383 e. The monoisotopic (exact) mass is 425 g/mol. The highest BCUT2D eigenvalue weighted by molar-refractivity contribution is 5.82. The summed E-state index contributed by atoms with van der Waals surface area (Å²) >= 11 is 0. The van der Waals surface area contributed by atoms with Gasteiger partial charge >= 0.3 is 5.69 Å². The molecule has 0 aliphatic heterocycles. The molecule has 162 valence electrons. The molecule has 31 heavy (non-hydrogen) atoms. The van der Waals surface area contributed by atoms with Crippen molar-refractivity contribution in [3.05, 3.63) is 92.4 Å². The number of carbonyl (C=O) groups is 1. The van der Waals surface area contributed by atoms with Crippen molar-refractivity contribution in [3.63, 3.8) is 0 Å². The van der Waals surface area contributed by atoms with Crippen LogP contribution < -0.4 is 21.9 Å². The first kappa shape index (κ1) is 21.8. The Morgan fingerprint density at radius 2 is 1.71 bits per heavy atom. The molecular weight excluding hydrogens is 401 g/mol. The summed E-state index contributed by atoms with van der Waals surface area (Å²) in [5.74, 6) is -0.779. The first-order valence-corrected chi connectivity index (χ1v) is 9.63. The average Bonchev–Trinajstić information content (AvgIpc) is 2.73. The summed E-state index contributed by atoms with van der Waals surface area (Å²) in [5.41, 5.74) is 6.07. The standard InChI is InChI=1S/C22H24FN5O3/c1-26(13-16-10-6-7-11-17(16)23)18(29)14-27(2)19-20(24)28(22(31)25-21(19)30)12-15-8-4-3-5-9-15/h3-11H,12-14,24H2,1-2H3,(H,25,30,31). The van der Waals surface area contributed by atoms with Gasteiger partial charge in [0.2, 0.25) is 5.91 Å². The smallest absolute Gasteiger partial charge is 0.330 e. The van der Waals surface area contributed by atoms with Crippen LogP contribution >= 0.6 is 0 Å². The van der Waals surface area contributed by atoms with Crippen LogP contribution in [0.4, 0.5) is 15.9 Å². The first-order valence-electron chi connectivity index (χ1n) is 9.63. The molecule has 0 atom stereocenters. The highest BCUT2D eigenvalue weighted by Gasteiger charge is 2.20. The van der Waals surface area contributed by atoms with Crippen molar-refractivity contribution in [3.8, 4) is 0 Å². The summed E-state index contributed by atoms with van der Waals surface area (Å²) in [6, 6.07) is 15.4. The molecule has 0 aliphatic rings. The number of anilines is 2. The van der Waals surface area contributed by atoms with Crippen LogP contribution in [0, 0.1) is 5.82 Å². The quantitative estimate of drug-likeness (QED) is 0.596. The molecule has 8 nitrogen and oxygen atoms in total. The maximum atomic E-state index is 13.9. The van der Waals surface area contributed by atoms with E-state index in [1.54, 1.807) is 25.2 Å². The molecule has 1 amide bonds. The number of nitrogens with zero attached hydrogens (tertiary/aromatic N) is 3. The fourth-order valence-corrected chi connectivity index (χ4v) is 3.24. The van der Waals surface area contributed by atoms with E-state index in [1.807, 2.05) is 30.3 Å². The molecule has 1 aromatic heterocycles. The maximum Gasteiger partial charge on any atom is 0.330 e. The number of rotatable bonds is 7. The van der Waals surface area contributed by atoms with Crippen molar-refractivity contribution in [2.24, 2.45) is 0 Å². The molecule has 0 aliphatic carbocycles. The van der Waals surface area contributed by atoms with Gasteiger partial charge in [-0.1, -0.05) is 48.5 Å². The molecule has 0 fully saturated rings. The molecule has 0 saturated heterocycles. The summed E-state index contributed by atoms with van der Waals surface area (Å²) in [7, 11) is 3.08. The van der Waals surface area contributed by atoms with Gasteiger partial charge < -0.3 is 15.5 Å². The minimum absolute atomic E-state index is 0.0168. The van der Waals surface area contributed by atoms with Crippen molar-refractivity contribution in [1.82, 2.24) is 14.5 Å². The molecular formula is C22H24FN5O3. The molecule has 3 aromatic rings. The Labute approximate surface area is 178 Å². The van der Waals surface area contributed by atoms with Crippen LogP contribution in [-0.4, -0.2) is 41.0 Å². The number of hydrogen-bond acceptors (Lipinski definition) is 5. The zero-order chi connectivity index (χ0) is 22.5. The Morgan fingerprint density at radius 1 is 1.06 bits per heavy atom. The zero-order valence-electron chi connectivity index (χ0n) is 17.3. The number of nitrogens with two attached hydrogens (primary N) is 1. The number of aromatic nitrogens is 2. The lowest BCUT2D eigenvalue weighted by atomic mass is 10.2. The van der Waals surface area contributed by atoms with Crippen LogP contribution in [0.3, 0.4) is 0 Å². The molecule has 0 unspecified atom stereocenters. The number of nitrogen functional groups attached to an aromatic ring is 1. The molecule has 0 radical (unpaired) electrons. The van der Waals surface area contributed by atoms with Crippen molar-refractivity contribution in [1.29, 1.82) is 0 Å². The Bertz CT molecular complexity index is 1190. The number of H-pyrrole nitrogens is 1. The summed E-state index contributed by atoms with van der Waals surface area (Å²) in [6.07, 6.45) is 0. The third-order valence-electron chi connectivity index (χ3n) is 4.94.